The predicted octanol–water partition coefficient (Wildman–Crippen LogP) is 4.07. The van der Waals surface area contributed by atoms with Crippen LogP contribution in [0, 0.1) is 4.77 Å². The molecule has 0 aliphatic heterocycles. The van der Waals surface area contributed by atoms with Crippen LogP contribution in [0.5, 0.6) is 0 Å². The van der Waals surface area contributed by atoms with Gasteiger partial charge in [-0.05, 0) is 58.8 Å². The quantitative estimate of drug-likeness (QED) is 0.707. The maximum Gasteiger partial charge on any atom is 0.195 e. The van der Waals surface area contributed by atoms with Crippen molar-refractivity contribution in [3.63, 3.8) is 0 Å². The molecule has 0 aliphatic rings. The van der Waals surface area contributed by atoms with Gasteiger partial charge in [-0.1, -0.05) is 0 Å². The van der Waals surface area contributed by atoms with Crippen molar-refractivity contribution in [1.29, 1.82) is 0 Å². The Morgan fingerprint density at radius 2 is 2.25 bits per heavy atom. The van der Waals surface area contributed by atoms with Crippen molar-refractivity contribution >= 4 is 39.5 Å². The monoisotopic (exact) mass is 366 g/mol. The van der Waals surface area contributed by atoms with Gasteiger partial charge in [-0.2, -0.15) is 5.10 Å². The summed E-state index contributed by atoms with van der Waals surface area (Å²) in [6, 6.07) is 8.07. The van der Waals surface area contributed by atoms with Crippen molar-refractivity contribution in [1.82, 2.24) is 19.7 Å². The number of pyridine rings is 1. The Labute approximate surface area is 133 Å². The van der Waals surface area contributed by atoms with E-state index >= 15 is 0 Å². The van der Waals surface area contributed by atoms with Crippen LogP contribution >= 0.6 is 39.5 Å². The molecular weight excluding hydrogens is 356 g/mol. The fourth-order valence-corrected chi connectivity index (χ4v) is 3.64. The summed E-state index contributed by atoms with van der Waals surface area (Å²) in [6.07, 6.45) is 4.47. The van der Waals surface area contributed by atoms with Crippen molar-refractivity contribution in [3.05, 3.63) is 50.1 Å². The zero-order valence-corrected chi connectivity index (χ0v) is 13.6. The Kier molecular flexibility index (Phi) is 4.09. The van der Waals surface area contributed by atoms with E-state index in [1.165, 1.54) is 4.88 Å². The number of rotatable bonds is 4. The SMILES string of the molecule is S=c1[nH]nc(-c2cccnc2)n1CCc1ccc(Br)s1. The lowest BCUT2D eigenvalue weighted by molar-refractivity contribution is 0.697. The number of hydrogen-bond donors (Lipinski definition) is 1. The molecule has 3 rings (SSSR count). The summed E-state index contributed by atoms with van der Waals surface area (Å²) in [6.45, 7) is 0.798. The number of thiophene rings is 1. The van der Waals surface area contributed by atoms with Gasteiger partial charge in [-0.3, -0.25) is 14.6 Å². The Hall–Kier alpha value is -1.31. The minimum absolute atomic E-state index is 0.638. The summed E-state index contributed by atoms with van der Waals surface area (Å²) < 4.78 is 3.80. The summed E-state index contributed by atoms with van der Waals surface area (Å²) in [7, 11) is 0. The van der Waals surface area contributed by atoms with Gasteiger partial charge in [0.2, 0.25) is 0 Å². The van der Waals surface area contributed by atoms with Crippen LogP contribution in [0.2, 0.25) is 0 Å². The number of nitrogens with zero attached hydrogens (tertiary/aromatic N) is 3. The normalized spacial score (nSPS) is 10.8. The van der Waals surface area contributed by atoms with E-state index in [-0.39, 0.29) is 0 Å². The average molecular weight is 367 g/mol. The molecule has 4 nitrogen and oxygen atoms in total. The van der Waals surface area contributed by atoms with Gasteiger partial charge in [0, 0.05) is 29.4 Å². The fourth-order valence-electron chi connectivity index (χ4n) is 1.95. The molecule has 0 aromatic carbocycles. The highest BCUT2D eigenvalue weighted by atomic mass is 79.9. The average Bonchev–Trinajstić information content (AvgIpc) is 3.04. The van der Waals surface area contributed by atoms with Gasteiger partial charge >= 0.3 is 0 Å². The van der Waals surface area contributed by atoms with Crippen molar-refractivity contribution in [2.45, 2.75) is 13.0 Å². The summed E-state index contributed by atoms with van der Waals surface area (Å²) >= 11 is 10.5. The van der Waals surface area contributed by atoms with Crippen LogP contribution in [0.3, 0.4) is 0 Å². The van der Waals surface area contributed by atoms with Gasteiger partial charge in [0.15, 0.2) is 10.6 Å². The van der Waals surface area contributed by atoms with E-state index in [4.69, 9.17) is 12.2 Å². The fraction of sp³-hybridized carbons (Fsp3) is 0.154. The molecule has 0 bridgehead atoms. The molecule has 0 amide bonds. The van der Waals surface area contributed by atoms with Crippen LogP contribution < -0.4 is 0 Å². The molecule has 0 spiro atoms. The zero-order valence-electron chi connectivity index (χ0n) is 10.4. The van der Waals surface area contributed by atoms with E-state index in [0.717, 1.165) is 28.1 Å². The highest BCUT2D eigenvalue weighted by Gasteiger charge is 2.09. The molecule has 0 aliphatic carbocycles. The number of nitrogens with one attached hydrogen (secondary N) is 1. The molecule has 20 heavy (non-hydrogen) atoms. The highest BCUT2D eigenvalue weighted by Crippen LogP contribution is 2.23. The second-order valence-corrected chi connectivity index (χ2v) is 7.14. The third-order valence-corrected chi connectivity index (χ3v) is 4.88. The molecule has 7 heteroatoms. The van der Waals surface area contributed by atoms with Crippen LogP contribution in [-0.2, 0) is 13.0 Å². The number of hydrogen-bond acceptors (Lipinski definition) is 4. The summed E-state index contributed by atoms with van der Waals surface area (Å²) in [5.41, 5.74) is 0.965. The molecule has 0 saturated carbocycles. The number of H-pyrrole nitrogens is 1. The van der Waals surface area contributed by atoms with Crippen molar-refractivity contribution < 1.29 is 0 Å². The molecule has 102 valence electrons. The lowest BCUT2D eigenvalue weighted by Crippen LogP contribution is -2.03. The first kappa shape index (κ1) is 13.7. The second kappa shape index (κ2) is 5.99. The van der Waals surface area contributed by atoms with Crippen LogP contribution in [-0.4, -0.2) is 19.7 Å². The molecule has 3 heterocycles. The van der Waals surface area contributed by atoms with Crippen LogP contribution in [0.25, 0.3) is 11.4 Å². The van der Waals surface area contributed by atoms with Gasteiger partial charge in [0.05, 0.1) is 3.79 Å². The Bertz CT molecular complexity index is 760. The van der Waals surface area contributed by atoms with E-state index in [2.05, 4.69) is 43.2 Å². The predicted molar refractivity (Wildman–Crippen MR) is 86.4 cm³/mol. The van der Waals surface area contributed by atoms with Crippen LogP contribution in [0.4, 0.5) is 0 Å². The van der Waals surface area contributed by atoms with E-state index in [9.17, 15) is 0 Å². The van der Waals surface area contributed by atoms with Crippen molar-refractivity contribution in [2.75, 3.05) is 0 Å². The van der Waals surface area contributed by atoms with Gasteiger partial charge in [0.25, 0.3) is 0 Å². The maximum absolute atomic E-state index is 5.31. The lowest BCUT2D eigenvalue weighted by atomic mass is 10.2. The third kappa shape index (κ3) is 2.89. The smallest absolute Gasteiger partial charge is 0.195 e. The first-order valence-electron chi connectivity index (χ1n) is 6.04. The number of halogens is 1. The molecule has 0 fully saturated rings. The first-order chi connectivity index (χ1) is 9.74. The number of aryl methyl sites for hydroxylation is 1. The molecule has 0 radical (unpaired) electrons. The molecule has 1 N–H and O–H groups in total. The zero-order chi connectivity index (χ0) is 13.9. The topological polar surface area (TPSA) is 46.5 Å². The van der Waals surface area contributed by atoms with Gasteiger partial charge in [0.1, 0.15) is 0 Å². The number of aromatic amines is 1. The van der Waals surface area contributed by atoms with E-state index in [1.807, 2.05) is 16.7 Å². The van der Waals surface area contributed by atoms with Gasteiger partial charge in [-0.15, -0.1) is 11.3 Å². The first-order valence-corrected chi connectivity index (χ1v) is 8.05. The molecule has 3 aromatic rings. The second-order valence-electron chi connectivity index (χ2n) is 4.20. The summed E-state index contributed by atoms with van der Waals surface area (Å²) in [5.74, 6) is 0.832. The Morgan fingerprint density at radius 3 is 2.95 bits per heavy atom. The van der Waals surface area contributed by atoms with E-state index in [1.54, 1.807) is 23.7 Å². The summed E-state index contributed by atoms with van der Waals surface area (Å²) in [5, 5.41) is 7.16. The highest BCUT2D eigenvalue weighted by molar-refractivity contribution is 9.11. The Morgan fingerprint density at radius 1 is 1.35 bits per heavy atom. The molecule has 0 unspecified atom stereocenters. The van der Waals surface area contributed by atoms with Crippen molar-refractivity contribution in [3.8, 4) is 11.4 Å². The molecule has 3 aromatic heterocycles. The molecular formula is C13H11BrN4S2. The lowest BCUT2D eigenvalue weighted by Gasteiger charge is -2.05. The van der Waals surface area contributed by atoms with Gasteiger partial charge < -0.3 is 0 Å². The molecule has 0 saturated heterocycles. The Balaban J connectivity index is 1.86. The van der Waals surface area contributed by atoms with Crippen LogP contribution in [0.15, 0.2) is 40.4 Å². The largest absolute Gasteiger partial charge is 0.300 e. The number of aromatic nitrogens is 4. The maximum atomic E-state index is 5.31. The van der Waals surface area contributed by atoms with E-state index in [0.29, 0.717) is 4.77 Å². The molecule has 0 atom stereocenters. The standard InChI is InChI=1S/C13H11BrN4S2/c14-11-4-3-10(20-11)5-7-18-12(16-17-13(18)19)9-2-1-6-15-8-9/h1-4,6,8H,5,7H2,(H,17,19). The minimum atomic E-state index is 0.638. The van der Waals surface area contributed by atoms with E-state index < -0.39 is 0 Å². The summed E-state index contributed by atoms with van der Waals surface area (Å²) in [4.78, 5) is 5.44. The van der Waals surface area contributed by atoms with Gasteiger partial charge in [-0.25, -0.2) is 0 Å². The van der Waals surface area contributed by atoms with Crippen molar-refractivity contribution in [2.24, 2.45) is 0 Å². The third-order valence-electron chi connectivity index (χ3n) is 2.89. The minimum Gasteiger partial charge on any atom is -0.300 e. The van der Waals surface area contributed by atoms with Crippen LogP contribution in [0.1, 0.15) is 4.88 Å².